The predicted molar refractivity (Wildman–Crippen MR) is 52.1 cm³/mol. The average molecular weight is 228 g/mol. The Morgan fingerprint density at radius 3 is 2.69 bits per heavy atom. The summed E-state index contributed by atoms with van der Waals surface area (Å²) in [6.07, 6.45) is 0. The minimum Gasteiger partial charge on any atom is -0.454 e. The van der Waals surface area contributed by atoms with Gasteiger partial charge in [0.1, 0.15) is 6.67 Å². The van der Waals surface area contributed by atoms with Crippen LogP contribution < -0.4 is 15.2 Å². The van der Waals surface area contributed by atoms with Crippen molar-refractivity contribution >= 4 is 5.69 Å². The van der Waals surface area contributed by atoms with E-state index in [2.05, 4.69) is 0 Å². The van der Waals surface area contributed by atoms with Gasteiger partial charge in [-0.2, -0.15) is 0 Å². The standard InChI is InChI=1S/C9H9FN2O4/c10-3-6(11)5-1-8-9(16-4-15-8)2-7(5)12(13)14/h1-2,6H,3-4,11H2/t6-/m0/s1. The van der Waals surface area contributed by atoms with Crippen LogP contribution in [0.3, 0.4) is 0 Å². The Morgan fingerprint density at radius 1 is 1.50 bits per heavy atom. The van der Waals surface area contributed by atoms with Crippen LogP contribution in [0.4, 0.5) is 10.1 Å². The van der Waals surface area contributed by atoms with E-state index in [-0.39, 0.29) is 23.8 Å². The molecular weight excluding hydrogens is 219 g/mol. The van der Waals surface area contributed by atoms with Crippen molar-refractivity contribution in [2.75, 3.05) is 13.5 Å². The van der Waals surface area contributed by atoms with Crippen molar-refractivity contribution in [3.8, 4) is 11.5 Å². The van der Waals surface area contributed by atoms with E-state index in [0.29, 0.717) is 5.75 Å². The fourth-order valence-electron chi connectivity index (χ4n) is 1.49. The Kier molecular flexibility index (Phi) is 2.61. The molecule has 0 bridgehead atoms. The van der Waals surface area contributed by atoms with Gasteiger partial charge in [0.2, 0.25) is 6.79 Å². The second kappa shape index (κ2) is 3.93. The first-order valence-corrected chi connectivity index (χ1v) is 4.53. The van der Waals surface area contributed by atoms with Gasteiger partial charge >= 0.3 is 0 Å². The number of nitro benzene ring substituents is 1. The first-order valence-electron chi connectivity index (χ1n) is 4.53. The van der Waals surface area contributed by atoms with E-state index in [1.807, 2.05) is 0 Å². The lowest BCUT2D eigenvalue weighted by Crippen LogP contribution is -2.14. The van der Waals surface area contributed by atoms with Crippen molar-refractivity contribution < 1.29 is 18.8 Å². The molecule has 0 spiro atoms. The van der Waals surface area contributed by atoms with E-state index < -0.39 is 17.6 Å². The van der Waals surface area contributed by atoms with E-state index in [1.54, 1.807) is 0 Å². The molecule has 0 fully saturated rings. The first kappa shape index (κ1) is 10.6. The largest absolute Gasteiger partial charge is 0.454 e. The third-order valence-corrected chi connectivity index (χ3v) is 2.28. The number of benzene rings is 1. The third-order valence-electron chi connectivity index (χ3n) is 2.28. The molecule has 1 atom stereocenters. The molecule has 16 heavy (non-hydrogen) atoms. The molecule has 7 heteroatoms. The maximum Gasteiger partial charge on any atom is 0.278 e. The summed E-state index contributed by atoms with van der Waals surface area (Å²) in [5.74, 6) is 0.631. The molecule has 1 aromatic rings. The molecule has 1 aliphatic rings. The van der Waals surface area contributed by atoms with Gasteiger partial charge in [-0.05, 0) is 6.07 Å². The highest BCUT2D eigenvalue weighted by Crippen LogP contribution is 2.39. The molecule has 0 aromatic heterocycles. The van der Waals surface area contributed by atoms with Crippen LogP contribution in [0.25, 0.3) is 0 Å². The smallest absolute Gasteiger partial charge is 0.278 e. The van der Waals surface area contributed by atoms with E-state index in [0.717, 1.165) is 0 Å². The number of nitrogens with zero attached hydrogens (tertiary/aromatic N) is 1. The zero-order valence-electron chi connectivity index (χ0n) is 8.18. The fraction of sp³-hybridized carbons (Fsp3) is 0.333. The van der Waals surface area contributed by atoms with Crippen molar-refractivity contribution in [1.29, 1.82) is 0 Å². The van der Waals surface area contributed by atoms with Crippen LogP contribution in [0.5, 0.6) is 11.5 Å². The number of fused-ring (bicyclic) bond motifs is 1. The minimum absolute atomic E-state index is 0.000798. The van der Waals surface area contributed by atoms with Crippen LogP contribution in [-0.4, -0.2) is 18.4 Å². The summed E-state index contributed by atoms with van der Waals surface area (Å²) in [5, 5.41) is 10.8. The van der Waals surface area contributed by atoms with Crippen molar-refractivity contribution in [2.45, 2.75) is 6.04 Å². The van der Waals surface area contributed by atoms with Crippen LogP contribution in [0.1, 0.15) is 11.6 Å². The SMILES string of the molecule is N[C@@H](CF)c1cc2c(cc1[N+](=O)[O-])OCO2. The molecule has 2 rings (SSSR count). The number of nitrogens with two attached hydrogens (primary N) is 1. The van der Waals surface area contributed by atoms with Crippen LogP contribution >= 0.6 is 0 Å². The molecule has 0 aliphatic carbocycles. The lowest BCUT2D eigenvalue weighted by molar-refractivity contribution is -0.385. The lowest BCUT2D eigenvalue weighted by atomic mass is 10.1. The fourth-order valence-corrected chi connectivity index (χ4v) is 1.49. The summed E-state index contributed by atoms with van der Waals surface area (Å²) < 4.78 is 22.5. The highest BCUT2D eigenvalue weighted by Gasteiger charge is 2.26. The molecule has 2 N–H and O–H groups in total. The number of nitro groups is 1. The second-order valence-electron chi connectivity index (χ2n) is 3.28. The van der Waals surface area contributed by atoms with Crippen LogP contribution in [-0.2, 0) is 0 Å². The van der Waals surface area contributed by atoms with Crippen molar-refractivity contribution in [1.82, 2.24) is 0 Å². The van der Waals surface area contributed by atoms with Gasteiger partial charge in [0.25, 0.3) is 5.69 Å². The molecule has 0 saturated carbocycles. The Morgan fingerprint density at radius 2 is 2.12 bits per heavy atom. The number of ether oxygens (including phenoxy) is 2. The normalized spacial score (nSPS) is 14.9. The average Bonchev–Trinajstić information content (AvgIpc) is 2.73. The van der Waals surface area contributed by atoms with Crippen molar-refractivity contribution in [3.05, 3.63) is 27.8 Å². The van der Waals surface area contributed by atoms with E-state index in [9.17, 15) is 14.5 Å². The summed E-state index contributed by atoms with van der Waals surface area (Å²) in [6, 6.07) is 1.52. The summed E-state index contributed by atoms with van der Waals surface area (Å²) in [7, 11) is 0. The zero-order valence-corrected chi connectivity index (χ0v) is 8.18. The molecule has 1 heterocycles. The van der Waals surface area contributed by atoms with Gasteiger partial charge in [0, 0.05) is 0 Å². The highest BCUT2D eigenvalue weighted by molar-refractivity contribution is 5.56. The Balaban J connectivity index is 2.53. The second-order valence-corrected chi connectivity index (χ2v) is 3.28. The summed E-state index contributed by atoms with van der Waals surface area (Å²) >= 11 is 0. The van der Waals surface area contributed by atoms with Gasteiger partial charge < -0.3 is 15.2 Å². The first-order chi connectivity index (χ1) is 7.63. The van der Waals surface area contributed by atoms with Crippen LogP contribution in [0, 0.1) is 10.1 Å². The zero-order chi connectivity index (χ0) is 11.7. The summed E-state index contributed by atoms with van der Waals surface area (Å²) in [4.78, 5) is 10.2. The monoisotopic (exact) mass is 228 g/mol. The molecule has 6 nitrogen and oxygen atoms in total. The minimum atomic E-state index is -1.03. The van der Waals surface area contributed by atoms with Gasteiger partial charge in [0.15, 0.2) is 11.5 Å². The van der Waals surface area contributed by atoms with Crippen LogP contribution in [0.15, 0.2) is 12.1 Å². The quantitative estimate of drug-likeness (QED) is 0.622. The third kappa shape index (κ3) is 1.65. The molecular formula is C9H9FN2O4. The molecule has 1 aromatic carbocycles. The topological polar surface area (TPSA) is 87.6 Å². The lowest BCUT2D eigenvalue weighted by Gasteiger charge is -2.08. The number of hydrogen-bond acceptors (Lipinski definition) is 5. The van der Waals surface area contributed by atoms with E-state index in [4.69, 9.17) is 15.2 Å². The number of alkyl halides is 1. The van der Waals surface area contributed by atoms with Crippen molar-refractivity contribution in [3.63, 3.8) is 0 Å². The molecule has 0 amide bonds. The van der Waals surface area contributed by atoms with E-state index in [1.165, 1.54) is 12.1 Å². The number of rotatable bonds is 3. The number of hydrogen-bond donors (Lipinski definition) is 1. The molecule has 0 unspecified atom stereocenters. The Labute approximate surface area is 89.9 Å². The molecule has 1 aliphatic heterocycles. The predicted octanol–water partition coefficient (Wildman–Crippen LogP) is 1.29. The number of halogens is 1. The van der Waals surface area contributed by atoms with Crippen LogP contribution in [0.2, 0.25) is 0 Å². The molecule has 0 saturated heterocycles. The van der Waals surface area contributed by atoms with Gasteiger partial charge in [-0.3, -0.25) is 10.1 Å². The highest BCUT2D eigenvalue weighted by atomic mass is 19.1. The maximum atomic E-state index is 12.4. The van der Waals surface area contributed by atoms with Crippen molar-refractivity contribution in [2.24, 2.45) is 5.73 Å². The Bertz CT molecular complexity index is 438. The van der Waals surface area contributed by atoms with Gasteiger partial charge in [0.05, 0.1) is 22.6 Å². The maximum absolute atomic E-state index is 12.4. The molecule has 86 valence electrons. The summed E-state index contributed by atoms with van der Waals surface area (Å²) in [6.45, 7) is -0.874. The Hall–Kier alpha value is -1.89. The van der Waals surface area contributed by atoms with Gasteiger partial charge in [-0.25, -0.2) is 4.39 Å². The van der Waals surface area contributed by atoms with Gasteiger partial charge in [-0.15, -0.1) is 0 Å². The van der Waals surface area contributed by atoms with E-state index >= 15 is 0 Å². The van der Waals surface area contributed by atoms with Gasteiger partial charge in [-0.1, -0.05) is 0 Å². The summed E-state index contributed by atoms with van der Waals surface area (Å²) in [5.41, 5.74) is 5.30. The molecule has 0 radical (unpaired) electrons.